The highest BCUT2D eigenvalue weighted by Crippen LogP contribution is 2.37. The van der Waals surface area contributed by atoms with E-state index in [4.69, 9.17) is 5.73 Å². The van der Waals surface area contributed by atoms with Crippen LogP contribution in [-0.4, -0.2) is 6.04 Å². The molecule has 2 unspecified atom stereocenters. The summed E-state index contributed by atoms with van der Waals surface area (Å²) in [6.45, 7) is 8.66. The Morgan fingerprint density at radius 1 is 0.905 bits per heavy atom. The monoisotopic (exact) mass is 299 g/mol. The zero-order valence-electron chi connectivity index (χ0n) is 13.3. The lowest BCUT2D eigenvalue weighted by Crippen LogP contribution is -2.22. The molecule has 1 nitrogen and oxygen atoms in total. The van der Waals surface area contributed by atoms with Gasteiger partial charge in [-0.1, -0.05) is 55.8 Å². The summed E-state index contributed by atoms with van der Waals surface area (Å²) in [6.07, 6.45) is 0. The van der Waals surface area contributed by atoms with Crippen molar-refractivity contribution in [3.05, 3.63) is 65.2 Å². The molecule has 0 aromatic heterocycles. The van der Waals surface area contributed by atoms with Gasteiger partial charge in [0.25, 0.3) is 0 Å². The van der Waals surface area contributed by atoms with Crippen molar-refractivity contribution in [2.24, 2.45) is 5.73 Å². The van der Waals surface area contributed by atoms with Gasteiger partial charge in [0.15, 0.2) is 0 Å². The predicted molar refractivity (Wildman–Crippen MR) is 94.0 cm³/mol. The van der Waals surface area contributed by atoms with Gasteiger partial charge in [-0.25, -0.2) is 0 Å². The second-order valence-electron chi connectivity index (χ2n) is 6.04. The Hall–Kier alpha value is -1.25. The summed E-state index contributed by atoms with van der Waals surface area (Å²) in [5.74, 6) is 0.574. The minimum Gasteiger partial charge on any atom is -0.327 e. The number of nitrogens with two attached hydrogens (primary N) is 1. The van der Waals surface area contributed by atoms with Gasteiger partial charge in [-0.15, -0.1) is 11.8 Å². The van der Waals surface area contributed by atoms with Gasteiger partial charge < -0.3 is 5.73 Å². The van der Waals surface area contributed by atoms with Crippen LogP contribution < -0.4 is 5.73 Å². The van der Waals surface area contributed by atoms with Crippen molar-refractivity contribution in [3.63, 3.8) is 0 Å². The second kappa shape index (κ2) is 7.15. The summed E-state index contributed by atoms with van der Waals surface area (Å²) in [5, 5.41) is 0.287. The van der Waals surface area contributed by atoms with E-state index in [2.05, 4.69) is 76.2 Å². The first-order valence-electron chi connectivity index (χ1n) is 7.56. The number of thioether (sulfide) groups is 1. The van der Waals surface area contributed by atoms with Crippen LogP contribution in [0, 0.1) is 6.92 Å². The molecule has 0 aliphatic rings. The van der Waals surface area contributed by atoms with Crippen molar-refractivity contribution < 1.29 is 0 Å². The number of hydrogen-bond donors (Lipinski definition) is 1. The normalized spacial score (nSPS) is 14.2. The van der Waals surface area contributed by atoms with Gasteiger partial charge in [0.2, 0.25) is 0 Å². The van der Waals surface area contributed by atoms with Gasteiger partial charge in [0.1, 0.15) is 0 Å². The molecule has 0 aliphatic carbocycles. The molecule has 2 N–H and O–H groups in total. The molecule has 0 saturated carbocycles. The molecule has 0 radical (unpaired) electrons. The van der Waals surface area contributed by atoms with Gasteiger partial charge in [0.05, 0.1) is 0 Å². The van der Waals surface area contributed by atoms with E-state index in [1.54, 1.807) is 0 Å². The van der Waals surface area contributed by atoms with Gasteiger partial charge in [0, 0.05) is 16.2 Å². The summed E-state index contributed by atoms with van der Waals surface area (Å²) in [4.78, 5) is 1.28. The third-order valence-electron chi connectivity index (χ3n) is 3.66. The highest BCUT2D eigenvalue weighted by Gasteiger charge is 2.18. The van der Waals surface area contributed by atoms with Gasteiger partial charge in [-0.3, -0.25) is 0 Å². The van der Waals surface area contributed by atoms with E-state index in [9.17, 15) is 0 Å². The molecule has 2 aromatic rings. The Morgan fingerprint density at radius 3 is 2.10 bits per heavy atom. The van der Waals surface area contributed by atoms with E-state index in [1.807, 2.05) is 11.8 Å². The molecule has 112 valence electrons. The zero-order chi connectivity index (χ0) is 15.4. The average molecular weight is 299 g/mol. The smallest absolute Gasteiger partial charge is 0.0492 e. The van der Waals surface area contributed by atoms with Crippen LogP contribution in [0.2, 0.25) is 0 Å². The molecule has 0 fully saturated rings. The predicted octanol–water partition coefficient (Wildman–Crippen LogP) is 5.30. The summed E-state index contributed by atoms with van der Waals surface area (Å²) in [6, 6.07) is 17.6. The number of hydrogen-bond acceptors (Lipinski definition) is 2. The van der Waals surface area contributed by atoms with E-state index < -0.39 is 0 Å². The zero-order valence-corrected chi connectivity index (χ0v) is 14.2. The van der Waals surface area contributed by atoms with Crippen LogP contribution in [0.3, 0.4) is 0 Å². The SMILES string of the molecule is Cc1cccc(C(Sc2ccc(C(C)C)cc2)C(C)N)c1. The lowest BCUT2D eigenvalue weighted by Gasteiger charge is -2.21. The minimum absolute atomic E-state index is 0.113. The summed E-state index contributed by atoms with van der Waals surface area (Å²) < 4.78 is 0. The van der Waals surface area contributed by atoms with Crippen LogP contribution in [0.15, 0.2) is 53.4 Å². The average Bonchev–Trinajstić information content (AvgIpc) is 2.45. The van der Waals surface area contributed by atoms with E-state index >= 15 is 0 Å². The van der Waals surface area contributed by atoms with Crippen LogP contribution in [0.1, 0.15) is 48.6 Å². The van der Waals surface area contributed by atoms with Crippen LogP contribution >= 0.6 is 11.8 Å². The molecule has 0 saturated heterocycles. The second-order valence-corrected chi connectivity index (χ2v) is 7.25. The molecular weight excluding hydrogens is 274 g/mol. The van der Waals surface area contributed by atoms with Crippen LogP contribution in [0.4, 0.5) is 0 Å². The number of aryl methyl sites for hydroxylation is 1. The molecule has 0 bridgehead atoms. The molecular formula is C19H25NS. The molecule has 21 heavy (non-hydrogen) atoms. The van der Waals surface area contributed by atoms with Crippen LogP contribution in [0.25, 0.3) is 0 Å². The summed E-state index contributed by atoms with van der Waals surface area (Å²) >= 11 is 1.85. The van der Waals surface area contributed by atoms with Crippen LogP contribution in [0.5, 0.6) is 0 Å². The molecule has 0 amide bonds. The lowest BCUT2D eigenvalue weighted by molar-refractivity contribution is 0.721. The highest BCUT2D eigenvalue weighted by atomic mass is 32.2. The van der Waals surface area contributed by atoms with Gasteiger partial charge >= 0.3 is 0 Å². The Balaban J connectivity index is 2.20. The van der Waals surface area contributed by atoms with E-state index in [0.29, 0.717) is 5.92 Å². The standard InChI is InChI=1S/C19H25NS/c1-13(2)16-8-10-18(11-9-16)21-19(15(4)20)17-7-5-6-14(3)12-17/h5-13,15,19H,20H2,1-4H3. The molecule has 2 aromatic carbocycles. The van der Waals surface area contributed by atoms with Gasteiger partial charge in [-0.2, -0.15) is 0 Å². The number of benzene rings is 2. The van der Waals surface area contributed by atoms with Crippen molar-refractivity contribution in [1.82, 2.24) is 0 Å². The molecule has 0 heterocycles. The fourth-order valence-corrected chi connectivity index (χ4v) is 3.49. The maximum atomic E-state index is 6.22. The van der Waals surface area contributed by atoms with Crippen molar-refractivity contribution in [3.8, 4) is 0 Å². The third kappa shape index (κ3) is 4.36. The van der Waals surface area contributed by atoms with E-state index in [-0.39, 0.29) is 11.3 Å². The molecule has 2 atom stereocenters. The Bertz CT molecular complexity index is 572. The van der Waals surface area contributed by atoms with E-state index in [0.717, 1.165) is 0 Å². The van der Waals surface area contributed by atoms with E-state index in [1.165, 1.54) is 21.6 Å². The number of rotatable bonds is 5. The topological polar surface area (TPSA) is 26.0 Å². The van der Waals surface area contributed by atoms with Gasteiger partial charge in [-0.05, 0) is 43.0 Å². The third-order valence-corrected chi connectivity index (χ3v) is 5.16. The summed E-state index contributed by atoms with van der Waals surface area (Å²) in [5.41, 5.74) is 10.2. The molecule has 0 spiro atoms. The lowest BCUT2D eigenvalue weighted by atomic mass is 10.0. The van der Waals surface area contributed by atoms with Crippen molar-refractivity contribution >= 4 is 11.8 Å². The van der Waals surface area contributed by atoms with Crippen molar-refractivity contribution in [2.75, 3.05) is 0 Å². The Morgan fingerprint density at radius 2 is 1.57 bits per heavy atom. The first-order chi connectivity index (χ1) is 9.97. The fourth-order valence-electron chi connectivity index (χ4n) is 2.40. The van der Waals surface area contributed by atoms with Crippen molar-refractivity contribution in [2.45, 2.75) is 49.8 Å². The first kappa shape index (κ1) is 16.1. The first-order valence-corrected chi connectivity index (χ1v) is 8.44. The fraction of sp³-hybridized carbons (Fsp3) is 0.368. The Kier molecular flexibility index (Phi) is 5.49. The highest BCUT2D eigenvalue weighted by molar-refractivity contribution is 7.99. The minimum atomic E-state index is 0.113. The molecule has 2 heteroatoms. The summed E-state index contributed by atoms with van der Waals surface area (Å²) in [7, 11) is 0. The maximum Gasteiger partial charge on any atom is 0.0492 e. The largest absolute Gasteiger partial charge is 0.327 e. The van der Waals surface area contributed by atoms with Crippen LogP contribution in [-0.2, 0) is 0 Å². The molecule has 2 rings (SSSR count). The molecule has 0 aliphatic heterocycles. The Labute approximate surface area is 133 Å². The maximum absolute atomic E-state index is 6.22. The van der Waals surface area contributed by atoms with Crippen molar-refractivity contribution in [1.29, 1.82) is 0 Å². The quantitative estimate of drug-likeness (QED) is 0.758.